The lowest BCUT2D eigenvalue weighted by molar-refractivity contribution is -0.103. The van der Waals surface area contributed by atoms with Crippen LogP contribution in [0, 0.1) is 6.92 Å². The molecule has 6 heteroatoms. The Morgan fingerprint density at radius 2 is 1.78 bits per heavy atom. The zero-order valence-electron chi connectivity index (χ0n) is 15.4. The third kappa shape index (κ3) is 4.55. The molecule has 1 aliphatic rings. The van der Waals surface area contributed by atoms with Gasteiger partial charge in [-0.3, -0.25) is 0 Å². The Morgan fingerprint density at radius 3 is 2.52 bits per heavy atom. The van der Waals surface area contributed by atoms with Gasteiger partial charge in [0.25, 0.3) is 0 Å². The molecule has 1 heterocycles. The summed E-state index contributed by atoms with van der Waals surface area (Å²) in [4.78, 5) is 0. The number of hydrogen-bond acceptors (Lipinski definition) is 6. The largest absolute Gasteiger partial charge is 0.392 e. The molecule has 1 aliphatic heterocycles. The second kappa shape index (κ2) is 8.93. The molecule has 0 aliphatic carbocycles. The molecule has 4 N–H and O–H groups in total. The Hall–Kier alpha value is -1.80. The summed E-state index contributed by atoms with van der Waals surface area (Å²) < 4.78 is 11.3. The standard InChI is InChI=1S/C21H26O6/c1-13-2-3-14-4-5-27-21(25)19-8-17(15(9-22)7-16(19)10-23)11-26-12-20(24)18(13)6-14/h2-3,6-8,20-25H,4-5,9-12H2,1H3. The summed E-state index contributed by atoms with van der Waals surface area (Å²) in [6, 6.07) is 9.19. The summed E-state index contributed by atoms with van der Waals surface area (Å²) in [5.74, 6) is 0. The van der Waals surface area contributed by atoms with Gasteiger partial charge in [-0.25, -0.2) is 0 Å². The lowest BCUT2D eigenvalue weighted by Gasteiger charge is -2.21. The van der Waals surface area contributed by atoms with Gasteiger partial charge in [-0.2, -0.15) is 0 Å². The van der Waals surface area contributed by atoms with E-state index in [1.165, 1.54) is 0 Å². The highest BCUT2D eigenvalue weighted by atomic mass is 16.6. The van der Waals surface area contributed by atoms with E-state index in [0.29, 0.717) is 28.7 Å². The predicted octanol–water partition coefficient (Wildman–Crippen LogP) is 1.79. The molecule has 2 aromatic carbocycles. The monoisotopic (exact) mass is 374 g/mol. The highest BCUT2D eigenvalue weighted by molar-refractivity contribution is 5.39. The molecule has 3 rings (SSSR count). The average Bonchev–Trinajstić information content (AvgIpc) is 2.67. The Bertz CT molecular complexity index is 788. The number of fused-ring (bicyclic) bond motifs is 4. The van der Waals surface area contributed by atoms with Crippen molar-refractivity contribution in [1.82, 2.24) is 0 Å². The Labute approximate surface area is 158 Å². The van der Waals surface area contributed by atoms with E-state index >= 15 is 0 Å². The van der Waals surface area contributed by atoms with Gasteiger partial charge in [0.2, 0.25) is 0 Å². The lowest BCUT2D eigenvalue weighted by atomic mass is 9.98. The number of ether oxygens (including phenoxy) is 2. The molecule has 2 atom stereocenters. The first kappa shape index (κ1) is 19.9. The molecule has 0 aromatic heterocycles. The molecular weight excluding hydrogens is 348 g/mol. The van der Waals surface area contributed by atoms with Crippen molar-refractivity contribution in [2.75, 3.05) is 13.2 Å². The van der Waals surface area contributed by atoms with Crippen LogP contribution in [0.25, 0.3) is 0 Å². The molecule has 0 spiro atoms. The smallest absolute Gasteiger partial charge is 0.181 e. The van der Waals surface area contributed by atoms with Gasteiger partial charge in [0.15, 0.2) is 6.29 Å². The van der Waals surface area contributed by atoms with Crippen molar-refractivity contribution in [2.45, 2.75) is 45.6 Å². The van der Waals surface area contributed by atoms with Gasteiger partial charge < -0.3 is 29.9 Å². The molecule has 27 heavy (non-hydrogen) atoms. The number of aliphatic hydroxyl groups is 4. The van der Waals surface area contributed by atoms with Crippen LogP contribution in [0.5, 0.6) is 0 Å². The second-order valence-electron chi connectivity index (χ2n) is 6.83. The van der Waals surface area contributed by atoms with Crippen molar-refractivity contribution < 1.29 is 29.9 Å². The fraction of sp³-hybridized carbons (Fsp3) is 0.429. The van der Waals surface area contributed by atoms with E-state index in [-0.39, 0.29) is 33.0 Å². The summed E-state index contributed by atoms with van der Waals surface area (Å²) in [6.45, 7) is 2.02. The van der Waals surface area contributed by atoms with Crippen molar-refractivity contribution in [1.29, 1.82) is 0 Å². The van der Waals surface area contributed by atoms with Gasteiger partial charge >= 0.3 is 0 Å². The van der Waals surface area contributed by atoms with Crippen LogP contribution in [0.2, 0.25) is 0 Å². The van der Waals surface area contributed by atoms with Crippen molar-refractivity contribution in [3.63, 3.8) is 0 Å². The van der Waals surface area contributed by atoms with Crippen LogP contribution in [0.15, 0.2) is 30.3 Å². The SMILES string of the molecule is Cc1ccc2cc1C(O)COCc1cc(c(CO)cc1CO)C(O)OCC2. The van der Waals surface area contributed by atoms with Gasteiger partial charge in [-0.05, 0) is 52.8 Å². The maximum absolute atomic E-state index is 10.5. The first-order valence-corrected chi connectivity index (χ1v) is 9.04. The molecule has 0 amide bonds. The van der Waals surface area contributed by atoms with Crippen LogP contribution in [0.4, 0.5) is 0 Å². The van der Waals surface area contributed by atoms with Crippen LogP contribution >= 0.6 is 0 Å². The molecule has 6 nitrogen and oxygen atoms in total. The maximum Gasteiger partial charge on any atom is 0.181 e. The lowest BCUT2D eigenvalue weighted by Crippen LogP contribution is -2.14. The van der Waals surface area contributed by atoms with E-state index in [2.05, 4.69) is 0 Å². The highest BCUT2D eigenvalue weighted by Gasteiger charge is 2.18. The number of benzene rings is 2. The molecule has 0 saturated carbocycles. The predicted molar refractivity (Wildman–Crippen MR) is 98.7 cm³/mol. The van der Waals surface area contributed by atoms with E-state index in [9.17, 15) is 20.4 Å². The summed E-state index contributed by atoms with van der Waals surface area (Å²) in [7, 11) is 0. The Morgan fingerprint density at radius 1 is 1.00 bits per heavy atom. The van der Waals surface area contributed by atoms with E-state index in [0.717, 1.165) is 16.7 Å². The Balaban J connectivity index is 1.94. The highest BCUT2D eigenvalue weighted by Crippen LogP contribution is 2.27. The summed E-state index contributed by atoms with van der Waals surface area (Å²) in [5, 5.41) is 40.2. The normalized spacial score (nSPS) is 20.9. The number of aryl methyl sites for hydroxylation is 1. The van der Waals surface area contributed by atoms with E-state index in [4.69, 9.17) is 9.47 Å². The first-order chi connectivity index (χ1) is 13.0. The van der Waals surface area contributed by atoms with Gasteiger partial charge in [-0.15, -0.1) is 0 Å². The fourth-order valence-corrected chi connectivity index (χ4v) is 3.36. The molecule has 4 bridgehead atoms. The van der Waals surface area contributed by atoms with Crippen molar-refractivity contribution in [3.05, 3.63) is 69.3 Å². The average molecular weight is 374 g/mol. The first-order valence-electron chi connectivity index (χ1n) is 9.04. The maximum atomic E-state index is 10.5. The van der Waals surface area contributed by atoms with E-state index in [1.807, 2.05) is 25.1 Å². The number of rotatable bonds is 2. The summed E-state index contributed by atoms with van der Waals surface area (Å²) in [6.07, 6.45) is -1.36. The zero-order valence-corrected chi connectivity index (χ0v) is 15.4. The molecular formula is C21H26O6. The van der Waals surface area contributed by atoms with Crippen molar-refractivity contribution in [2.24, 2.45) is 0 Å². The van der Waals surface area contributed by atoms with Crippen LogP contribution in [0.1, 0.15) is 51.3 Å². The minimum Gasteiger partial charge on any atom is -0.392 e. The second-order valence-corrected chi connectivity index (χ2v) is 6.83. The van der Waals surface area contributed by atoms with Gasteiger partial charge in [0.1, 0.15) is 6.10 Å². The van der Waals surface area contributed by atoms with Gasteiger partial charge in [0.05, 0.1) is 33.0 Å². The Kier molecular flexibility index (Phi) is 6.59. The number of hydrogen-bond donors (Lipinski definition) is 4. The molecule has 146 valence electrons. The quantitative estimate of drug-likeness (QED) is 0.640. The van der Waals surface area contributed by atoms with Crippen molar-refractivity contribution >= 4 is 0 Å². The van der Waals surface area contributed by atoms with Crippen LogP contribution < -0.4 is 0 Å². The number of aliphatic hydroxyl groups excluding tert-OH is 4. The van der Waals surface area contributed by atoms with Gasteiger partial charge in [0, 0.05) is 5.56 Å². The summed E-state index contributed by atoms with van der Waals surface area (Å²) in [5.41, 5.74) is 5.03. The van der Waals surface area contributed by atoms with Crippen LogP contribution in [0.3, 0.4) is 0 Å². The van der Waals surface area contributed by atoms with E-state index < -0.39 is 12.4 Å². The molecule has 2 aromatic rings. The van der Waals surface area contributed by atoms with Crippen molar-refractivity contribution in [3.8, 4) is 0 Å². The zero-order chi connectivity index (χ0) is 19.4. The van der Waals surface area contributed by atoms with E-state index in [1.54, 1.807) is 12.1 Å². The molecule has 0 fully saturated rings. The van der Waals surface area contributed by atoms with Crippen LogP contribution in [-0.2, 0) is 35.7 Å². The molecule has 0 saturated heterocycles. The molecule has 2 unspecified atom stereocenters. The third-order valence-corrected chi connectivity index (χ3v) is 4.97. The van der Waals surface area contributed by atoms with Crippen LogP contribution in [-0.4, -0.2) is 33.6 Å². The van der Waals surface area contributed by atoms with Gasteiger partial charge in [-0.1, -0.05) is 24.3 Å². The topological polar surface area (TPSA) is 99.4 Å². The summed E-state index contributed by atoms with van der Waals surface area (Å²) >= 11 is 0. The third-order valence-electron chi connectivity index (χ3n) is 4.97. The molecule has 0 radical (unpaired) electrons. The fourth-order valence-electron chi connectivity index (χ4n) is 3.36. The minimum absolute atomic E-state index is 0.116. The minimum atomic E-state index is -1.18.